The highest BCUT2D eigenvalue weighted by Crippen LogP contribution is 2.37. The summed E-state index contributed by atoms with van der Waals surface area (Å²) in [5, 5.41) is 4.04. The van der Waals surface area contributed by atoms with Crippen LogP contribution < -0.4 is 15.0 Å². The van der Waals surface area contributed by atoms with E-state index < -0.39 is 6.04 Å². The van der Waals surface area contributed by atoms with Crippen LogP contribution in [0, 0.1) is 0 Å². The Morgan fingerprint density at radius 3 is 2.67 bits per heavy atom. The summed E-state index contributed by atoms with van der Waals surface area (Å²) in [6.07, 6.45) is 2.68. The fraction of sp³-hybridized carbons (Fsp3) is 0.179. The molecule has 0 saturated heterocycles. The molecule has 8 nitrogen and oxygen atoms in total. The third-order valence-corrected chi connectivity index (χ3v) is 6.71. The van der Waals surface area contributed by atoms with Crippen LogP contribution >= 0.6 is 0 Å². The Morgan fingerprint density at radius 1 is 1.06 bits per heavy atom. The van der Waals surface area contributed by atoms with E-state index in [0.717, 1.165) is 27.5 Å². The smallest absolute Gasteiger partial charge is 0.253 e. The first-order chi connectivity index (χ1) is 17.6. The van der Waals surface area contributed by atoms with E-state index in [2.05, 4.69) is 16.4 Å². The molecule has 0 saturated carbocycles. The quantitative estimate of drug-likeness (QED) is 0.354. The first kappa shape index (κ1) is 21.9. The van der Waals surface area contributed by atoms with Gasteiger partial charge in [-0.2, -0.15) is 0 Å². The van der Waals surface area contributed by atoms with Crippen LogP contribution in [-0.4, -0.2) is 40.0 Å². The third kappa shape index (κ3) is 3.76. The zero-order chi connectivity index (χ0) is 24.6. The van der Waals surface area contributed by atoms with Crippen molar-refractivity contribution in [2.24, 2.45) is 0 Å². The summed E-state index contributed by atoms with van der Waals surface area (Å²) in [5.74, 6) is 0.941. The number of rotatable bonds is 7. The first-order valence-electron chi connectivity index (χ1n) is 11.9. The van der Waals surface area contributed by atoms with Crippen molar-refractivity contribution in [3.05, 3.63) is 84.6 Å². The molecule has 36 heavy (non-hydrogen) atoms. The number of hydrogen-bond acceptors (Lipinski definition) is 4. The number of carbonyl (C=O) groups excluding carboxylic acids is 2. The van der Waals surface area contributed by atoms with Crippen molar-refractivity contribution in [3.63, 3.8) is 0 Å². The molecule has 2 amide bonds. The van der Waals surface area contributed by atoms with Crippen molar-refractivity contribution in [1.82, 2.24) is 14.5 Å². The first-order valence-corrected chi connectivity index (χ1v) is 11.9. The van der Waals surface area contributed by atoms with E-state index >= 15 is 0 Å². The summed E-state index contributed by atoms with van der Waals surface area (Å²) >= 11 is 0. The molecule has 0 radical (unpaired) electrons. The van der Waals surface area contributed by atoms with Gasteiger partial charge in [0.25, 0.3) is 5.91 Å². The Balaban J connectivity index is 1.27. The SMILES string of the molecule is COc1ccc(NC(=O)CC2C(=O)N(CCc3c[nH]c4ccccc34)c3nc4ccccc4n32)cc1. The predicted molar refractivity (Wildman–Crippen MR) is 139 cm³/mol. The Morgan fingerprint density at radius 2 is 1.83 bits per heavy atom. The molecular weight excluding hydrogens is 454 g/mol. The normalized spacial score (nSPS) is 15.0. The Bertz CT molecular complexity index is 1580. The number of fused-ring (bicyclic) bond motifs is 4. The molecule has 1 atom stereocenters. The molecule has 0 spiro atoms. The van der Waals surface area contributed by atoms with Gasteiger partial charge in [0.1, 0.15) is 11.8 Å². The molecule has 0 fully saturated rings. The molecule has 1 aliphatic rings. The molecule has 5 aromatic rings. The largest absolute Gasteiger partial charge is 0.497 e. The topological polar surface area (TPSA) is 92.2 Å². The minimum atomic E-state index is -0.659. The van der Waals surface area contributed by atoms with Crippen LogP contribution in [0.5, 0.6) is 5.75 Å². The molecule has 6 rings (SSSR count). The van der Waals surface area contributed by atoms with Gasteiger partial charge in [-0.05, 0) is 54.4 Å². The average molecular weight is 480 g/mol. The highest BCUT2D eigenvalue weighted by molar-refractivity contribution is 6.05. The third-order valence-electron chi connectivity index (χ3n) is 6.71. The predicted octanol–water partition coefficient (Wildman–Crippen LogP) is 4.69. The molecule has 3 aromatic carbocycles. The lowest BCUT2D eigenvalue weighted by atomic mass is 10.1. The minimum absolute atomic E-state index is 0.0157. The second kappa shape index (κ2) is 8.88. The number of anilines is 2. The van der Waals surface area contributed by atoms with Crippen molar-refractivity contribution in [3.8, 4) is 5.75 Å². The molecule has 8 heteroatoms. The van der Waals surface area contributed by atoms with E-state index in [0.29, 0.717) is 30.4 Å². The molecule has 1 unspecified atom stereocenters. The second-order valence-corrected chi connectivity index (χ2v) is 8.87. The van der Waals surface area contributed by atoms with Crippen molar-refractivity contribution < 1.29 is 14.3 Å². The lowest BCUT2D eigenvalue weighted by Gasteiger charge is -2.16. The van der Waals surface area contributed by atoms with Gasteiger partial charge in [-0.1, -0.05) is 30.3 Å². The van der Waals surface area contributed by atoms with E-state index in [1.54, 1.807) is 36.3 Å². The molecule has 0 bridgehead atoms. The Hall–Kier alpha value is -4.59. The second-order valence-electron chi connectivity index (χ2n) is 8.87. The number of ether oxygens (including phenoxy) is 1. The van der Waals surface area contributed by atoms with Crippen molar-refractivity contribution in [1.29, 1.82) is 0 Å². The van der Waals surface area contributed by atoms with Gasteiger partial charge in [0, 0.05) is 29.3 Å². The van der Waals surface area contributed by atoms with Crippen LogP contribution in [0.15, 0.2) is 79.0 Å². The number of nitrogens with one attached hydrogen (secondary N) is 2. The van der Waals surface area contributed by atoms with E-state index in [1.165, 1.54) is 0 Å². The van der Waals surface area contributed by atoms with Crippen molar-refractivity contribution >= 4 is 45.4 Å². The number of aromatic nitrogens is 3. The van der Waals surface area contributed by atoms with Gasteiger partial charge in [-0.15, -0.1) is 0 Å². The van der Waals surface area contributed by atoms with Crippen molar-refractivity contribution in [2.75, 3.05) is 23.9 Å². The van der Waals surface area contributed by atoms with E-state index in [-0.39, 0.29) is 18.2 Å². The maximum absolute atomic E-state index is 13.6. The van der Waals surface area contributed by atoms with Crippen LogP contribution in [0.4, 0.5) is 11.6 Å². The minimum Gasteiger partial charge on any atom is -0.497 e. The Kier molecular flexibility index (Phi) is 5.41. The van der Waals surface area contributed by atoms with Crippen molar-refractivity contribution in [2.45, 2.75) is 18.9 Å². The zero-order valence-electron chi connectivity index (χ0n) is 19.8. The summed E-state index contributed by atoms with van der Waals surface area (Å²) in [7, 11) is 1.59. The molecule has 180 valence electrons. The van der Waals surface area contributed by atoms with Crippen LogP contribution in [0.2, 0.25) is 0 Å². The molecule has 1 aliphatic heterocycles. The maximum Gasteiger partial charge on any atom is 0.253 e. The van der Waals surface area contributed by atoms with Crippen LogP contribution in [0.3, 0.4) is 0 Å². The summed E-state index contributed by atoms with van der Waals surface area (Å²) in [5.41, 5.74) is 4.51. The van der Waals surface area contributed by atoms with E-state index in [1.807, 2.05) is 53.2 Å². The summed E-state index contributed by atoms with van der Waals surface area (Å²) in [6.45, 7) is 0.473. The lowest BCUT2D eigenvalue weighted by molar-refractivity contribution is -0.124. The van der Waals surface area contributed by atoms with Gasteiger partial charge in [0.15, 0.2) is 0 Å². The molecule has 0 aliphatic carbocycles. The number of amides is 2. The lowest BCUT2D eigenvalue weighted by Crippen LogP contribution is -2.33. The summed E-state index contributed by atoms with van der Waals surface area (Å²) < 4.78 is 7.08. The average Bonchev–Trinajstić information content (AvgIpc) is 3.56. The number of H-pyrrole nitrogens is 1. The zero-order valence-corrected chi connectivity index (χ0v) is 19.8. The Labute approximate surface area is 207 Å². The number of nitrogens with zero attached hydrogens (tertiary/aromatic N) is 3. The number of para-hydroxylation sites is 3. The van der Waals surface area contributed by atoms with E-state index in [4.69, 9.17) is 9.72 Å². The van der Waals surface area contributed by atoms with Gasteiger partial charge in [0.2, 0.25) is 11.9 Å². The van der Waals surface area contributed by atoms with Gasteiger partial charge in [-0.3, -0.25) is 19.1 Å². The van der Waals surface area contributed by atoms with Gasteiger partial charge in [-0.25, -0.2) is 4.98 Å². The number of hydrogen-bond donors (Lipinski definition) is 2. The molecule has 3 heterocycles. The van der Waals surface area contributed by atoms with Gasteiger partial charge >= 0.3 is 0 Å². The number of aromatic amines is 1. The molecular formula is C28H25N5O3. The fourth-order valence-corrected chi connectivity index (χ4v) is 4.94. The van der Waals surface area contributed by atoms with Gasteiger partial charge in [0.05, 0.1) is 24.6 Å². The van der Waals surface area contributed by atoms with Crippen LogP contribution in [0.25, 0.3) is 21.9 Å². The number of benzene rings is 3. The highest BCUT2D eigenvalue weighted by Gasteiger charge is 2.40. The number of carbonyl (C=O) groups is 2. The fourth-order valence-electron chi connectivity index (χ4n) is 4.94. The van der Waals surface area contributed by atoms with Crippen LogP contribution in [-0.2, 0) is 16.0 Å². The number of methoxy groups -OCH3 is 1. The molecule has 2 aromatic heterocycles. The van der Waals surface area contributed by atoms with Crippen LogP contribution in [0.1, 0.15) is 18.0 Å². The maximum atomic E-state index is 13.6. The number of imidazole rings is 1. The standard InChI is InChI=1S/C28H25N5O3/c1-36-20-12-10-19(11-13-20)30-26(34)16-25-27(35)32(28-31-23-8-4-5-9-24(23)33(25)28)15-14-18-17-29-22-7-3-2-6-21(18)22/h2-13,17,25,29H,14-16H2,1H3,(H,30,34). The molecule has 2 N–H and O–H groups in total. The monoisotopic (exact) mass is 479 g/mol. The van der Waals surface area contributed by atoms with Gasteiger partial charge < -0.3 is 15.0 Å². The highest BCUT2D eigenvalue weighted by atomic mass is 16.5. The summed E-state index contributed by atoms with van der Waals surface area (Å²) in [4.78, 5) is 36.4. The summed E-state index contributed by atoms with van der Waals surface area (Å²) in [6, 6.07) is 22.3. The van der Waals surface area contributed by atoms with E-state index in [9.17, 15) is 9.59 Å².